The van der Waals surface area contributed by atoms with E-state index in [1.54, 1.807) is 7.11 Å². The second kappa shape index (κ2) is 8.19. The van der Waals surface area contributed by atoms with Gasteiger partial charge in [0.1, 0.15) is 0 Å². The molecule has 3 aromatic rings. The van der Waals surface area contributed by atoms with Crippen LogP contribution in [0.25, 0.3) is 10.9 Å². The normalized spacial score (nSPS) is 16.1. The highest BCUT2D eigenvalue weighted by atomic mass is 16.5. The molecule has 0 fully saturated rings. The number of nitrogens with zero attached hydrogens (tertiary/aromatic N) is 1. The van der Waals surface area contributed by atoms with Gasteiger partial charge in [-0.1, -0.05) is 37.3 Å². The van der Waals surface area contributed by atoms with Crippen molar-refractivity contribution in [3.8, 4) is 0 Å². The van der Waals surface area contributed by atoms with Gasteiger partial charge in [-0.2, -0.15) is 0 Å². The molecule has 2 aromatic carbocycles. The van der Waals surface area contributed by atoms with Crippen LogP contribution in [0.4, 0.5) is 0 Å². The molecule has 4 rings (SSSR count). The Hall–Kier alpha value is -2.59. The summed E-state index contributed by atoms with van der Waals surface area (Å²) in [4.78, 5) is 18.8. The fourth-order valence-corrected chi connectivity index (χ4v) is 4.16. The van der Waals surface area contributed by atoms with Gasteiger partial charge in [0.15, 0.2) is 0 Å². The predicted octanol–water partition coefficient (Wildman–Crippen LogP) is 4.58. The van der Waals surface area contributed by atoms with Gasteiger partial charge in [-0.25, -0.2) is 0 Å². The number of fused-ring (bicyclic) bond motifs is 3. The molecule has 0 saturated carbocycles. The lowest BCUT2D eigenvalue weighted by Crippen LogP contribution is -2.33. The monoisotopic (exact) mass is 376 g/mol. The Labute approximate surface area is 166 Å². The summed E-state index contributed by atoms with van der Waals surface area (Å²) in [5, 5.41) is 1.21. The minimum Gasteiger partial charge on any atom is -0.383 e. The molecule has 1 atom stereocenters. The van der Waals surface area contributed by atoms with Crippen molar-refractivity contribution in [1.82, 2.24) is 9.88 Å². The van der Waals surface area contributed by atoms with E-state index in [2.05, 4.69) is 36.2 Å². The number of benzene rings is 2. The number of hydrogen-bond donors (Lipinski definition) is 1. The van der Waals surface area contributed by atoms with E-state index in [0.29, 0.717) is 25.6 Å². The number of aromatic amines is 1. The van der Waals surface area contributed by atoms with Gasteiger partial charge in [-0.3, -0.25) is 4.79 Å². The van der Waals surface area contributed by atoms with Crippen LogP contribution >= 0.6 is 0 Å². The molecule has 1 heterocycles. The first-order chi connectivity index (χ1) is 13.7. The first-order valence-corrected chi connectivity index (χ1v) is 10.1. The summed E-state index contributed by atoms with van der Waals surface area (Å²) in [5.41, 5.74) is 5.76. The van der Waals surface area contributed by atoms with Crippen molar-refractivity contribution >= 4 is 16.8 Å². The van der Waals surface area contributed by atoms with Gasteiger partial charge in [0.25, 0.3) is 5.91 Å². The maximum Gasteiger partial charge on any atom is 0.254 e. The van der Waals surface area contributed by atoms with Crippen LogP contribution in [0.1, 0.15) is 40.5 Å². The molecule has 0 spiro atoms. The van der Waals surface area contributed by atoms with Gasteiger partial charge in [0.2, 0.25) is 0 Å². The minimum atomic E-state index is 0.0570. The van der Waals surface area contributed by atoms with E-state index in [9.17, 15) is 4.79 Å². The average molecular weight is 377 g/mol. The highest BCUT2D eigenvalue weighted by molar-refractivity contribution is 5.99. The van der Waals surface area contributed by atoms with Crippen molar-refractivity contribution in [3.63, 3.8) is 0 Å². The zero-order valence-electron chi connectivity index (χ0n) is 16.7. The molecule has 1 unspecified atom stereocenters. The Bertz CT molecular complexity index is 961. The van der Waals surface area contributed by atoms with E-state index in [4.69, 9.17) is 4.74 Å². The lowest BCUT2D eigenvalue weighted by Gasteiger charge is -2.23. The number of H-pyrrole nitrogens is 1. The van der Waals surface area contributed by atoms with Gasteiger partial charge < -0.3 is 14.6 Å². The van der Waals surface area contributed by atoms with Crippen LogP contribution in [0.5, 0.6) is 0 Å². The number of rotatable bonds is 6. The molecule has 0 aliphatic heterocycles. The van der Waals surface area contributed by atoms with Crippen LogP contribution in [0.3, 0.4) is 0 Å². The van der Waals surface area contributed by atoms with Gasteiger partial charge in [0, 0.05) is 42.4 Å². The highest BCUT2D eigenvalue weighted by Crippen LogP contribution is 2.32. The molecule has 1 amide bonds. The summed E-state index contributed by atoms with van der Waals surface area (Å²) < 4.78 is 5.24. The zero-order valence-corrected chi connectivity index (χ0v) is 16.7. The topological polar surface area (TPSA) is 45.3 Å². The average Bonchev–Trinajstić information content (AvgIpc) is 3.08. The number of nitrogens with one attached hydrogen (secondary N) is 1. The molecule has 4 heteroatoms. The number of aromatic nitrogens is 1. The predicted molar refractivity (Wildman–Crippen MR) is 113 cm³/mol. The number of aryl methyl sites for hydroxylation is 1. The van der Waals surface area contributed by atoms with Crippen molar-refractivity contribution in [1.29, 1.82) is 0 Å². The fourth-order valence-electron chi connectivity index (χ4n) is 4.16. The molecule has 28 heavy (non-hydrogen) atoms. The van der Waals surface area contributed by atoms with Crippen LogP contribution in [-0.2, 0) is 24.1 Å². The Morgan fingerprint density at radius 2 is 2.04 bits per heavy atom. The van der Waals surface area contributed by atoms with Crippen molar-refractivity contribution in [3.05, 3.63) is 70.9 Å². The van der Waals surface area contributed by atoms with Gasteiger partial charge in [-0.05, 0) is 54.5 Å². The summed E-state index contributed by atoms with van der Waals surface area (Å²) in [6, 6.07) is 16.2. The SMILES string of the molecule is COCCN(Cc1ccccc1)C(=O)c1ccc2[nH]c3c(c2c1)CC(C)CC3. The van der Waals surface area contributed by atoms with E-state index >= 15 is 0 Å². The molecular formula is C24H28N2O2. The van der Waals surface area contributed by atoms with Crippen LogP contribution in [0, 0.1) is 5.92 Å². The summed E-state index contributed by atoms with van der Waals surface area (Å²) in [6.07, 6.45) is 3.42. The largest absolute Gasteiger partial charge is 0.383 e. The summed E-state index contributed by atoms with van der Waals surface area (Å²) in [7, 11) is 1.67. The molecule has 1 aliphatic carbocycles. The number of ether oxygens (including phenoxy) is 1. The van der Waals surface area contributed by atoms with Crippen LogP contribution in [0.15, 0.2) is 48.5 Å². The lowest BCUT2D eigenvalue weighted by molar-refractivity contribution is 0.0680. The molecule has 1 N–H and O–H groups in total. The number of amides is 1. The highest BCUT2D eigenvalue weighted by Gasteiger charge is 2.22. The Balaban J connectivity index is 1.64. The Kier molecular flexibility index (Phi) is 5.49. The van der Waals surface area contributed by atoms with E-state index < -0.39 is 0 Å². The van der Waals surface area contributed by atoms with Crippen LogP contribution < -0.4 is 0 Å². The third-order valence-electron chi connectivity index (χ3n) is 5.75. The first kappa shape index (κ1) is 18.8. The van der Waals surface area contributed by atoms with Crippen molar-refractivity contribution in [2.45, 2.75) is 32.7 Å². The standard InChI is InChI=1S/C24H28N2O2/c1-17-8-10-22-20(14-17)21-15-19(9-11-23(21)25-22)24(27)26(12-13-28-2)16-18-6-4-3-5-7-18/h3-7,9,11,15,17,25H,8,10,12-14,16H2,1-2H3. The summed E-state index contributed by atoms with van der Waals surface area (Å²) in [5.74, 6) is 0.753. The second-order valence-corrected chi connectivity index (χ2v) is 7.90. The van der Waals surface area contributed by atoms with Gasteiger partial charge in [0.05, 0.1) is 6.61 Å². The lowest BCUT2D eigenvalue weighted by atomic mass is 9.87. The van der Waals surface area contributed by atoms with Crippen molar-refractivity contribution < 1.29 is 9.53 Å². The molecule has 0 radical (unpaired) electrons. The fraction of sp³-hybridized carbons (Fsp3) is 0.375. The molecule has 0 saturated heterocycles. The smallest absolute Gasteiger partial charge is 0.254 e. The van der Waals surface area contributed by atoms with Gasteiger partial charge in [-0.15, -0.1) is 0 Å². The third kappa shape index (κ3) is 3.83. The number of methoxy groups -OCH3 is 1. The minimum absolute atomic E-state index is 0.0570. The number of carbonyl (C=O) groups excluding carboxylic acids is 1. The molecule has 1 aliphatic rings. The molecule has 0 bridgehead atoms. The van der Waals surface area contributed by atoms with E-state index in [1.165, 1.54) is 23.1 Å². The van der Waals surface area contributed by atoms with E-state index in [1.807, 2.05) is 29.2 Å². The van der Waals surface area contributed by atoms with Crippen molar-refractivity contribution in [2.75, 3.05) is 20.3 Å². The van der Waals surface area contributed by atoms with Crippen LogP contribution in [0.2, 0.25) is 0 Å². The molecule has 4 nitrogen and oxygen atoms in total. The number of hydrogen-bond acceptors (Lipinski definition) is 2. The zero-order chi connectivity index (χ0) is 19.5. The third-order valence-corrected chi connectivity index (χ3v) is 5.75. The Morgan fingerprint density at radius 3 is 2.82 bits per heavy atom. The number of carbonyl (C=O) groups is 1. The van der Waals surface area contributed by atoms with Crippen molar-refractivity contribution in [2.24, 2.45) is 5.92 Å². The van der Waals surface area contributed by atoms with E-state index in [0.717, 1.165) is 29.5 Å². The molecule has 146 valence electrons. The maximum absolute atomic E-state index is 13.3. The summed E-state index contributed by atoms with van der Waals surface area (Å²) >= 11 is 0. The first-order valence-electron chi connectivity index (χ1n) is 10.1. The Morgan fingerprint density at radius 1 is 1.21 bits per heavy atom. The summed E-state index contributed by atoms with van der Waals surface area (Å²) in [6.45, 7) is 3.99. The van der Waals surface area contributed by atoms with Gasteiger partial charge >= 0.3 is 0 Å². The quantitative estimate of drug-likeness (QED) is 0.684. The molecular weight excluding hydrogens is 348 g/mol. The molecule has 1 aromatic heterocycles. The second-order valence-electron chi connectivity index (χ2n) is 7.90. The van der Waals surface area contributed by atoms with E-state index in [-0.39, 0.29) is 5.91 Å². The maximum atomic E-state index is 13.3. The van der Waals surface area contributed by atoms with Crippen LogP contribution in [-0.4, -0.2) is 36.1 Å².